The van der Waals surface area contributed by atoms with Crippen LogP contribution in [0.15, 0.2) is 54.6 Å². The summed E-state index contributed by atoms with van der Waals surface area (Å²) < 4.78 is 0. The maximum atomic E-state index is 12.3. The van der Waals surface area contributed by atoms with Crippen LogP contribution in [0.3, 0.4) is 0 Å². The van der Waals surface area contributed by atoms with Gasteiger partial charge in [0, 0.05) is 18.8 Å². The van der Waals surface area contributed by atoms with E-state index in [0.29, 0.717) is 5.56 Å². The fourth-order valence-corrected chi connectivity index (χ4v) is 2.10. The number of hydrogen-bond donors (Lipinski definition) is 2. The van der Waals surface area contributed by atoms with E-state index < -0.39 is 0 Å². The first kappa shape index (κ1) is 15.1. The fraction of sp³-hybridized carbons (Fsp3) is 0.235. The fourth-order valence-electron chi connectivity index (χ4n) is 2.10. The minimum Gasteiger partial charge on any atom is -0.394 e. The highest BCUT2D eigenvalue weighted by atomic mass is 16.3. The Morgan fingerprint density at radius 2 is 1.76 bits per heavy atom. The molecule has 0 aliphatic heterocycles. The molecule has 1 amide bonds. The average molecular weight is 284 g/mol. The number of benzene rings is 2. The summed E-state index contributed by atoms with van der Waals surface area (Å²) in [6.45, 7) is 1.68. The Balaban J connectivity index is 2.31. The summed E-state index contributed by atoms with van der Waals surface area (Å²) in [6, 6.07) is 17.0. The number of rotatable bonds is 5. The molecule has 0 aliphatic rings. The van der Waals surface area contributed by atoms with Gasteiger partial charge in [0.15, 0.2) is 0 Å². The standard InChI is InChI=1S/C17H20N2O2/c1-13(12-20)18-17(21)15-10-6-7-11-16(15)19(2)14-8-4-3-5-9-14/h3-11,13,20H,12H2,1-2H3,(H,18,21). The summed E-state index contributed by atoms with van der Waals surface area (Å²) in [5, 5.41) is 11.8. The third-order valence-electron chi connectivity index (χ3n) is 3.30. The highest BCUT2D eigenvalue weighted by Gasteiger charge is 2.16. The van der Waals surface area contributed by atoms with Gasteiger partial charge in [0.05, 0.1) is 17.9 Å². The SMILES string of the molecule is CC(CO)NC(=O)c1ccccc1N(C)c1ccccc1. The van der Waals surface area contributed by atoms with Crippen LogP contribution in [0.5, 0.6) is 0 Å². The molecular formula is C17H20N2O2. The van der Waals surface area contributed by atoms with Crippen LogP contribution in [0.1, 0.15) is 17.3 Å². The highest BCUT2D eigenvalue weighted by molar-refractivity contribution is 6.00. The molecular weight excluding hydrogens is 264 g/mol. The molecule has 1 unspecified atom stereocenters. The first-order chi connectivity index (χ1) is 10.1. The number of carbonyl (C=O) groups is 1. The van der Waals surface area contributed by atoms with Gasteiger partial charge in [-0.1, -0.05) is 30.3 Å². The maximum Gasteiger partial charge on any atom is 0.253 e. The first-order valence-electron chi connectivity index (χ1n) is 6.93. The Kier molecular flexibility index (Phi) is 4.95. The Hall–Kier alpha value is -2.33. The highest BCUT2D eigenvalue weighted by Crippen LogP contribution is 2.26. The minimum absolute atomic E-state index is 0.0809. The zero-order valence-electron chi connectivity index (χ0n) is 12.3. The van der Waals surface area contributed by atoms with Crippen LogP contribution in [0.4, 0.5) is 11.4 Å². The number of carbonyl (C=O) groups excluding carboxylic acids is 1. The zero-order chi connectivity index (χ0) is 15.2. The van der Waals surface area contributed by atoms with Crippen LogP contribution in [-0.4, -0.2) is 30.7 Å². The van der Waals surface area contributed by atoms with Crippen molar-refractivity contribution in [1.29, 1.82) is 0 Å². The van der Waals surface area contributed by atoms with Gasteiger partial charge < -0.3 is 15.3 Å². The van der Waals surface area contributed by atoms with E-state index in [4.69, 9.17) is 5.11 Å². The van der Waals surface area contributed by atoms with E-state index in [9.17, 15) is 4.79 Å². The van der Waals surface area contributed by atoms with Crippen molar-refractivity contribution in [3.8, 4) is 0 Å². The summed E-state index contributed by atoms with van der Waals surface area (Å²) in [7, 11) is 1.93. The lowest BCUT2D eigenvalue weighted by Crippen LogP contribution is -2.35. The number of hydrogen-bond acceptors (Lipinski definition) is 3. The number of aliphatic hydroxyl groups is 1. The van der Waals surface area contributed by atoms with E-state index in [0.717, 1.165) is 11.4 Å². The Morgan fingerprint density at radius 3 is 2.43 bits per heavy atom. The molecule has 2 aromatic carbocycles. The molecule has 2 rings (SSSR count). The number of amides is 1. The number of anilines is 2. The summed E-state index contributed by atoms with van der Waals surface area (Å²) in [5.41, 5.74) is 2.42. The predicted molar refractivity (Wildman–Crippen MR) is 85.0 cm³/mol. The largest absolute Gasteiger partial charge is 0.394 e. The van der Waals surface area contributed by atoms with E-state index in [2.05, 4.69) is 5.32 Å². The van der Waals surface area contributed by atoms with Crippen molar-refractivity contribution >= 4 is 17.3 Å². The van der Waals surface area contributed by atoms with E-state index in [1.165, 1.54) is 0 Å². The van der Waals surface area contributed by atoms with Gasteiger partial charge in [-0.3, -0.25) is 4.79 Å². The average Bonchev–Trinajstić information content (AvgIpc) is 2.54. The van der Waals surface area contributed by atoms with Gasteiger partial charge >= 0.3 is 0 Å². The van der Waals surface area contributed by atoms with E-state index >= 15 is 0 Å². The third-order valence-corrected chi connectivity index (χ3v) is 3.30. The van der Waals surface area contributed by atoms with Gasteiger partial charge in [0.25, 0.3) is 5.91 Å². The lowest BCUT2D eigenvalue weighted by Gasteiger charge is -2.23. The summed E-state index contributed by atoms with van der Waals surface area (Å²) in [4.78, 5) is 14.3. The molecule has 110 valence electrons. The summed E-state index contributed by atoms with van der Waals surface area (Å²) >= 11 is 0. The van der Waals surface area contributed by atoms with Crippen molar-refractivity contribution in [2.24, 2.45) is 0 Å². The van der Waals surface area contributed by atoms with Crippen LogP contribution in [0, 0.1) is 0 Å². The molecule has 1 atom stereocenters. The Morgan fingerprint density at radius 1 is 1.14 bits per heavy atom. The lowest BCUT2D eigenvalue weighted by atomic mass is 10.1. The molecule has 21 heavy (non-hydrogen) atoms. The maximum absolute atomic E-state index is 12.3. The van der Waals surface area contributed by atoms with Crippen molar-refractivity contribution in [2.45, 2.75) is 13.0 Å². The molecule has 2 N–H and O–H groups in total. The molecule has 0 heterocycles. The molecule has 0 fully saturated rings. The monoisotopic (exact) mass is 284 g/mol. The van der Waals surface area contributed by atoms with Crippen LogP contribution in [0.25, 0.3) is 0 Å². The molecule has 0 saturated heterocycles. The zero-order valence-corrected chi connectivity index (χ0v) is 12.3. The van der Waals surface area contributed by atoms with Gasteiger partial charge in [-0.25, -0.2) is 0 Å². The first-order valence-corrected chi connectivity index (χ1v) is 6.93. The molecule has 0 bridgehead atoms. The molecule has 0 saturated carbocycles. The summed E-state index contributed by atoms with van der Waals surface area (Å²) in [6.07, 6.45) is 0. The molecule has 0 aromatic heterocycles. The van der Waals surface area contributed by atoms with Crippen molar-refractivity contribution in [2.75, 3.05) is 18.6 Å². The van der Waals surface area contributed by atoms with Gasteiger partial charge in [0.2, 0.25) is 0 Å². The van der Waals surface area contributed by atoms with Crippen LogP contribution in [0.2, 0.25) is 0 Å². The second-order valence-corrected chi connectivity index (χ2v) is 4.97. The van der Waals surface area contributed by atoms with Crippen molar-refractivity contribution in [3.63, 3.8) is 0 Å². The summed E-state index contributed by atoms with van der Waals surface area (Å²) in [5.74, 6) is -0.185. The third kappa shape index (κ3) is 3.61. The Bertz CT molecular complexity index is 599. The minimum atomic E-state index is -0.271. The Labute approximate surface area is 125 Å². The molecule has 2 aromatic rings. The normalized spacial score (nSPS) is 11.8. The quantitative estimate of drug-likeness (QED) is 0.887. The van der Waals surface area contributed by atoms with Crippen molar-refractivity contribution in [1.82, 2.24) is 5.32 Å². The second-order valence-electron chi connectivity index (χ2n) is 4.97. The van der Waals surface area contributed by atoms with Crippen molar-refractivity contribution in [3.05, 3.63) is 60.2 Å². The van der Waals surface area contributed by atoms with E-state index in [-0.39, 0.29) is 18.6 Å². The topological polar surface area (TPSA) is 52.6 Å². The van der Waals surface area contributed by atoms with E-state index in [1.807, 2.05) is 60.5 Å². The molecule has 0 spiro atoms. The van der Waals surface area contributed by atoms with Crippen molar-refractivity contribution < 1.29 is 9.90 Å². The number of aliphatic hydroxyl groups excluding tert-OH is 1. The second kappa shape index (κ2) is 6.90. The van der Waals surface area contributed by atoms with Gasteiger partial charge in [-0.15, -0.1) is 0 Å². The number of nitrogens with zero attached hydrogens (tertiary/aromatic N) is 1. The smallest absolute Gasteiger partial charge is 0.253 e. The van der Waals surface area contributed by atoms with Crippen LogP contribution in [-0.2, 0) is 0 Å². The molecule has 4 nitrogen and oxygen atoms in total. The molecule has 0 radical (unpaired) electrons. The number of para-hydroxylation sites is 2. The van der Waals surface area contributed by atoms with Gasteiger partial charge in [0.1, 0.15) is 0 Å². The van der Waals surface area contributed by atoms with Gasteiger partial charge in [-0.2, -0.15) is 0 Å². The number of nitrogens with one attached hydrogen (secondary N) is 1. The van der Waals surface area contributed by atoms with Crippen LogP contribution < -0.4 is 10.2 Å². The lowest BCUT2D eigenvalue weighted by molar-refractivity contribution is 0.0923. The van der Waals surface area contributed by atoms with Crippen LogP contribution >= 0.6 is 0 Å². The van der Waals surface area contributed by atoms with Gasteiger partial charge in [-0.05, 0) is 31.2 Å². The van der Waals surface area contributed by atoms with E-state index in [1.54, 1.807) is 13.0 Å². The molecule has 4 heteroatoms. The molecule has 0 aliphatic carbocycles. The predicted octanol–water partition coefficient (Wildman–Crippen LogP) is 2.57.